The molecule has 0 aliphatic heterocycles. The zero-order valence-electron chi connectivity index (χ0n) is 10.7. The van der Waals surface area contributed by atoms with Crippen molar-refractivity contribution in [3.8, 4) is 0 Å². The maximum Gasteiger partial charge on any atom is 0.343 e. The van der Waals surface area contributed by atoms with Crippen molar-refractivity contribution < 1.29 is 14.6 Å². The zero-order valence-corrected chi connectivity index (χ0v) is 12.3. The molecule has 1 unspecified atom stereocenters. The first kappa shape index (κ1) is 14.7. The summed E-state index contributed by atoms with van der Waals surface area (Å²) < 4.78 is 4.83. The standard InChI is InChI=1S/C13H13BrN2O4/c1-2-20-13(19)9-6-16-12-8(11(9)18)3-7(5-15-12)4-10(14)17/h3,5-6,10,17H,2,4H2,1H3,(H,15,16,18). The lowest BCUT2D eigenvalue weighted by Crippen LogP contribution is -2.18. The fourth-order valence-corrected chi connectivity index (χ4v) is 2.19. The second-order valence-corrected chi connectivity index (χ2v) is 5.19. The molecule has 0 spiro atoms. The lowest BCUT2D eigenvalue weighted by Gasteiger charge is -2.06. The predicted molar refractivity (Wildman–Crippen MR) is 77.0 cm³/mol. The molecule has 2 rings (SSSR count). The van der Waals surface area contributed by atoms with Crippen LogP contribution in [-0.2, 0) is 11.2 Å². The molecule has 0 amide bonds. The van der Waals surface area contributed by atoms with Crippen LogP contribution in [0.4, 0.5) is 0 Å². The molecule has 0 fully saturated rings. The second kappa shape index (κ2) is 6.15. The van der Waals surface area contributed by atoms with E-state index in [4.69, 9.17) is 4.74 Å². The highest BCUT2D eigenvalue weighted by Gasteiger charge is 2.15. The number of halogens is 1. The number of hydrogen-bond donors (Lipinski definition) is 2. The molecule has 0 bridgehead atoms. The zero-order chi connectivity index (χ0) is 14.7. The third-order valence-corrected chi connectivity index (χ3v) is 3.01. The van der Waals surface area contributed by atoms with Crippen molar-refractivity contribution >= 4 is 32.9 Å². The first-order valence-corrected chi connectivity index (χ1v) is 6.94. The monoisotopic (exact) mass is 340 g/mol. The molecule has 0 saturated heterocycles. The van der Waals surface area contributed by atoms with Gasteiger partial charge >= 0.3 is 5.97 Å². The second-order valence-electron chi connectivity index (χ2n) is 4.13. The number of H-pyrrole nitrogens is 1. The maximum atomic E-state index is 12.2. The lowest BCUT2D eigenvalue weighted by atomic mass is 10.1. The normalized spacial score (nSPS) is 12.3. The number of aromatic nitrogens is 2. The predicted octanol–water partition coefficient (Wildman–Crippen LogP) is 1.36. The van der Waals surface area contributed by atoms with Gasteiger partial charge in [-0.05, 0) is 18.6 Å². The number of hydrogen-bond acceptors (Lipinski definition) is 5. The third-order valence-electron chi connectivity index (χ3n) is 2.69. The van der Waals surface area contributed by atoms with Crippen LogP contribution < -0.4 is 5.43 Å². The summed E-state index contributed by atoms with van der Waals surface area (Å²) in [6.45, 7) is 1.87. The van der Waals surface area contributed by atoms with Gasteiger partial charge in [0.25, 0.3) is 0 Å². The topological polar surface area (TPSA) is 92.3 Å². The van der Waals surface area contributed by atoms with E-state index in [1.807, 2.05) is 0 Å². The molecular weight excluding hydrogens is 328 g/mol. The van der Waals surface area contributed by atoms with Gasteiger partial charge in [0.2, 0.25) is 5.43 Å². The Labute approximate surface area is 122 Å². The number of rotatable bonds is 4. The number of fused-ring (bicyclic) bond motifs is 1. The van der Waals surface area contributed by atoms with E-state index in [1.54, 1.807) is 19.2 Å². The minimum Gasteiger partial charge on any atom is -0.462 e. The number of alkyl halides is 1. The highest BCUT2D eigenvalue weighted by molar-refractivity contribution is 9.09. The molecule has 2 aromatic heterocycles. The summed E-state index contributed by atoms with van der Waals surface area (Å²) in [5.41, 5.74) is 0.581. The molecule has 2 aromatic rings. The van der Waals surface area contributed by atoms with E-state index in [-0.39, 0.29) is 12.2 Å². The van der Waals surface area contributed by atoms with Crippen LogP contribution in [0.1, 0.15) is 22.8 Å². The average molecular weight is 341 g/mol. The van der Waals surface area contributed by atoms with Gasteiger partial charge in [-0.25, -0.2) is 9.78 Å². The molecule has 20 heavy (non-hydrogen) atoms. The highest BCUT2D eigenvalue weighted by Crippen LogP contribution is 2.12. The molecule has 7 heteroatoms. The van der Waals surface area contributed by atoms with E-state index >= 15 is 0 Å². The van der Waals surface area contributed by atoms with Crippen molar-refractivity contribution in [1.29, 1.82) is 0 Å². The van der Waals surface area contributed by atoms with Crippen LogP contribution in [0.3, 0.4) is 0 Å². The summed E-state index contributed by atoms with van der Waals surface area (Å²) in [6, 6.07) is 1.61. The van der Waals surface area contributed by atoms with Crippen molar-refractivity contribution in [2.24, 2.45) is 0 Å². The van der Waals surface area contributed by atoms with Crippen LogP contribution in [-0.4, -0.2) is 32.7 Å². The number of carbonyl (C=O) groups is 1. The van der Waals surface area contributed by atoms with Crippen LogP contribution in [0.25, 0.3) is 11.0 Å². The number of aliphatic hydroxyl groups excluding tert-OH is 1. The van der Waals surface area contributed by atoms with Crippen LogP contribution in [0, 0.1) is 0 Å². The van der Waals surface area contributed by atoms with Crippen molar-refractivity contribution in [1.82, 2.24) is 9.97 Å². The number of esters is 1. The number of aliphatic hydroxyl groups is 1. The highest BCUT2D eigenvalue weighted by atomic mass is 79.9. The number of carbonyl (C=O) groups excluding carboxylic acids is 1. The summed E-state index contributed by atoms with van der Waals surface area (Å²) in [4.78, 5) is 30.8. The van der Waals surface area contributed by atoms with Crippen LogP contribution >= 0.6 is 15.9 Å². The van der Waals surface area contributed by atoms with Crippen LogP contribution in [0.5, 0.6) is 0 Å². The number of ether oxygens (including phenoxy) is 1. The van der Waals surface area contributed by atoms with E-state index in [9.17, 15) is 14.7 Å². The van der Waals surface area contributed by atoms with Gasteiger partial charge in [0.05, 0.1) is 12.0 Å². The van der Waals surface area contributed by atoms with E-state index in [1.165, 1.54) is 6.20 Å². The number of nitrogens with one attached hydrogen (secondary N) is 1. The summed E-state index contributed by atoms with van der Waals surface area (Å²) >= 11 is 3.02. The van der Waals surface area contributed by atoms with Crippen molar-refractivity contribution in [2.45, 2.75) is 18.4 Å². The Morgan fingerprint density at radius 3 is 3.00 bits per heavy atom. The minimum absolute atomic E-state index is 0.0577. The fraction of sp³-hybridized carbons (Fsp3) is 0.308. The molecular formula is C13H13BrN2O4. The number of nitrogens with zero attached hydrogens (tertiary/aromatic N) is 1. The summed E-state index contributed by atoms with van der Waals surface area (Å²) in [7, 11) is 0. The molecule has 0 aliphatic rings. The molecule has 0 aliphatic carbocycles. The largest absolute Gasteiger partial charge is 0.462 e. The minimum atomic E-state index is -0.714. The molecule has 106 valence electrons. The molecule has 0 aromatic carbocycles. The molecule has 0 saturated carbocycles. The SMILES string of the molecule is CCOC(=O)c1c[nH]c2ncc(CC(O)Br)cc2c1=O. The summed E-state index contributed by atoms with van der Waals surface area (Å²) in [6.07, 6.45) is 3.17. The van der Waals surface area contributed by atoms with Crippen LogP contribution in [0.2, 0.25) is 0 Å². The lowest BCUT2D eigenvalue weighted by molar-refractivity contribution is 0.0524. The van der Waals surface area contributed by atoms with E-state index in [2.05, 4.69) is 25.9 Å². The van der Waals surface area contributed by atoms with Gasteiger partial charge < -0.3 is 14.8 Å². The average Bonchev–Trinajstić information content (AvgIpc) is 2.39. The Balaban J connectivity index is 2.52. The van der Waals surface area contributed by atoms with Gasteiger partial charge in [0, 0.05) is 18.8 Å². The molecule has 0 radical (unpaired) electrons. The van der Waals surface area contributed by atoms with Crippen molar-refractivity contribution in [3.63, 3.8) is 0 Å². The Hall–Kier alpha value is -1.73. The first-order chi connectivity index (χ1) is 9.52. The van der Waals surface area contributed by atoms with Gasteiger partial charge in [-0.2, -0.15) is 0 Å². The Morgan fingerprint density at radius 1 is 1.60 bits per heavy atom. The van der Waals surface area contributed by atoms with Crippen molar-refractivity contribution in [3.05, 3.63) is 39.8 Å². The summed E-state index contributed by atoms with van der Waals surface area (Å²) in [5, 5.41) is 8.87. The Kier molecular flexibility index (Phi) is 4.51. The Bertz CT molecular complexity index is 696. The number of aromatic amines is 1. The summed E-state index contributed by atoms with van der Waals surface area (Å²) in [5.74, 6) is -0.665. The van der Waals surface area contributed by atoms with E-state index < -0.39 is 16.4 Å². The van der Waals surface area contributed by atoms with Gasteiger partial charge in [-0.3, -0.25) is 4.79 Å². The van der Waals surface area contributed by atoms with Gasteiger partial charge in [-0.15, -0.1) is 0 Å². The van der Waals surface area contributed by atoms with Crippen molar-refractivity contribution in [2.75, 3.05) is 6.61 Å². The van der Waals surface area contributed by atoms with Gasteiger partial charge in [0.1, 0.15) is 16.2 Å². The molecule has 6 nitrogen and oxygen atoms in total. The maximum absolute atomic E-state index is 12.2. The quantitative estimate of drug-likeness (QED) is 0.647. The van der Waals surface area contributed by atoms with E-state index in [0.717, 1.165) is 0 Å². The van der Waals surface area contributed by atoms with Gasteiger partial charge in [0.15, 0.2) is 0 Å². The van der Waals surface area contributed by atoms with Crippen LogP contribution in [0.15, 0.2) is 23.3 Å². The van der Waals surface area contributed by atoms with E-state index in [0.29, 0.717) is 23.0 Å². The molecule has 2 heterocycles. The third kappa shape index (κ3) is 3.05. The first-order valence-electron chi connectivity index (χ1n) is 6.02. The smallest absolute Gasteiger partial charge is 0.343 e. The number of pyridine rings is 2. The van der Waals surface area contributed by atoms with Gasteiger partial charge in [-0.1, -0.05) is 15.9 Å². The fourth-order valence-electron chi connectivity index (χ4n) is 1.81. The Morgan fingerprint density at radius 2 is 2.35 bits per heavy atom. The molecule has 1 atom stereocenters. The molecule has 2 N–H and O–H groups in total.